The number of halogens is 5. The van der Waals surface area contributed by atoms with Gasteiger partial charge in [-0.25, -0.2) is 9.50 Å². The first-order valence-corrected chi connectivity index (χ1v) is 9.66. The van der Waals surface area contributed by atoms with E-state index in [1.807, 2.05) is 31.2 Å². The zero-order valence-corrected chi connectivity index (χ0v) is 17.4. The van der Waals surface area contributed by atoms with Gasteiger partial charge in [-0.2, -0.15) is 32.1 Å². The second-order valence-corrected chi connectivity index (χ2v) is 7.46. The van der Waals surface area contributed by atoms with Crippen molar-refractivity contribution >= 4 is 17.2 Å². The Bertz CT molecular complexity index is 1340. The maximum absolute atomic E-state index is 14.0. The van der Waals surface area contributed by atoms with Gasteiger partial charge in [-0.15, -0.1) is 0 Å². The van der Waals surface area contributed by atoms with Crippen LogP contribution in [0.2, 0.25) is 0 Å². The molecule has 0 fully saturated rings. The first kappa shape index (κ1) is 22.4. The van der Waals surface area contributed by atoms with E-state index in [2.05, 4.69) is 20.5 Å². The molecule has 0 aliphatic rings. The molecule has 1 N–H and O–H groups in total. The van der Waals surface area contributed by atoms with E-state index in [1.54, 1.807) is 10.9 Å². The largest absolute Gasteiger partial charge is 0.459 e. The standard InChI is InChI=1S/C21H17F5N6O/c1-12-5-3-4-6-14(12)10-31-11-15(9-27-31)29-19(33)16-8-18-28-13(2)7-17(32(18)30-16)20(22,23)21(24,25)26/h3-9,11H,10H2,1-2H3,(H,29,33). The molecule has 3 heterocycles. The number of benzene rings is 1. The van der Waals surface area contributed by atoms with Crippen molar-refractivity contribution in [3.05, 3.63) is 77.0 Å². The van der Waals surface area contributed by atoms with Crippen molar-refractivity contribution in [3.63, 3.8) is 0 Å². The normalized spacial score (nSPS) is 12.3. The van der Waals surface area contributed by atoms with Crippen molar-refractivity contribution < 1.29 is 26.7 Å². The van der Waals surface area contributed by atoms with E-state index < -0.39 is 23.7 Å². The number of amides is 1. The zero-order valence-electron chi connectivity index (χ0n) is 17.4. The highest BCUT2D eigenvalue weighted by molar-refractivity contribution is 6.03. The van der Waals surface area contributed by atoms with Crippen molar-refractivity contribution in [2.45, 2.75) is 32.5 Å². The number of nitrogens with zero attached hydrogens (tertiary/aromatic N) is 5. The van der Waals surface area contributed by atoms with Gasteiger partial charge in [0.15, 0.2) is 11.3 Å². The predicted molar refractivity (Wildman–Crippen MR) is 108 cm³/mol. The first-order chi connectivity index (χ1) is 15.5. The van der Waals surface area contributed by atoms with Crippen LogP contribution in [-0.4, -0.2) is 36.5 Å². The highest BCUT2D eigenvalue weighted by Gasteiger charge is 2.60. The van der Waals surface area contributed by atoms with Gasteiger partial charge in [0.05, 0.1) is 18.4 Å². The number of carbonyl (C=O) groups excluding carboxylic acids is 1. The van der Waals surface area contributed by atoms with Gasteiger partial charge in [-0.3, -0.25) is 9.48 Å². The third-order valence-electron chi connectivity index (χ3n) is 4.95. The summed E-state index contributed by atoms with van der Waals surface area (Å²) >= 11 is 0. The lowest BCUT2D eigenvalue weighted by atomic mass is 10.1. The zero-order chi connectivity index (χ0) is 24.0. The Kier molecular flexibility index (Phi) is 5.38. The fourth-order valence-electron chi connectivity index (χ4n) is 3.25. The molecule has 0 unspecified atom stereocenters. The van der Waals surface area contributed by atoms with E-state index in [9.17, 15) is 26.7 Å². The van der Waals surface area contributed by atoms with Gasteiger partial charge in [0, 0.05) is 18.0 Å². The Morgan fingerprint density at radius 3 is 2.52 bits per heavy atom. The van der Waals surface area contributed by atoms with Crippen LogP contribution in [0.25, 0.3) is 5.65 Å². The number of alkyl halides is 5. The summed E-state index contributed by atoms with van der Waals surface area (Å²) in [5.74, 6) is -6.00. The maximum atomic E-state index is 14.0. The molecule has 12 heteroatoms. The summed E-state index contributed by atoms with van der Waals surface area (Å²) in [4.78, 5) is 16.5. The Labute approximate surface area is 183 Å². The minimum Gasteiger partial charge on any atom is -0.318 e. The molecule has 4 rings (SSSR count). The molecule has 0 saturated carbocycles. The molecule has 7 nitrogen and oxygen atoms in total. The van der Waals surface area contributed by atoms with E-state index in [4.69, 9.17) is 0 Å². The molecule has 0 aliphatic heterocycles. The summed E-state index contributed by atoms with van der Waals surface area (Å²) in [6.45, 7) is 3.68. The fraction of sp³-hybridized carbons (Fsp3) is 0.238. The number of aromatic nitrogens is 5. The van der Waals surface area contributed by atoms with Crippen LogP contribution in [0.1, 0.15) is 33.0 Å². The van der Waals surface area contributed by atoms with Crippen LogP contribution in [0.15, 0.2) is 48.8 Å². The SMILES string of the molecule is Cc1cc(C(F)(F)C(F)(F)F)n2nc(C(=O)Nc3cnn(Cc4ccccc4C)c3)cc2n1. The van der Waals surface area contributed by atoms with Crippen molar-refractivity contribution in [2.75, 3.05) is 5.32 Å². The lowest BCUT2D eigenvalue weighted by Crippen LogP contribution is -2.36. The average Bonchev–Trinajstić information content (AvgIpc) is 3.35. The highest BCUT2D eigenvalue weighted by Crippen LogP contribution is 2.43. The minimum atomic E-state index is -5.84. The van der Waals surface area contributed by atoms with Crippen LogP contribution < -0.4 is 5.32 Å². The van der Waals surface area contributed by atoms with E-state index in [1.165, 1.54) is 13.1 Å². The van der Waals surface area contributed by atoms with Gasteiger partial charge in [-0.1, -0.05) is 24.3 Å². The Hall–Kier alpha value is -3.83. The smallest absolute Gasteiger partial charge is 0.318 e. The lowest BCUT2D eigenvalue weighted by molar-refractivity contribution is -0.291. The van der Waals surface area contributed by atoms with Crippen LogP contribution in [-0.2, 0) is 12.5 Å². The van der Waals surface area contributed by atoms with Crippen LogP contribution in [0.3, 0.4) is 0 Å². The van der Waals surface area contributed by atoms with Gasteiger partial charge < -0.3 is 5.32 Å². The molecule has 0 spiro atoms. The molecule has 0 radical (unpaired) electrons. The summed E-state index contributed by atoms with van der Waals surface area (Å²) in [7, 11) is 0. The summed E-state index contributed by atoms with van der Waals surface area (Å²) in [6, 6.07) is 9.33. The number of rotatable bonds is 5. The maximum Gasteiger partial charge on any atom is 0.459 e. The Morgan fingerprint density at radius 1 is 1.09 bits per heavy atom. The number of anilines is 1. The number of hydrogen-bond acceptors (Lipinski definition) is 4. The predicted octanol–water partition coefficient (Wildman–Crippen LogP) is 4.50. The summed E-state index contributed by atoms with van der Waals surface area (Å²) in [5, 5.41) is 10.3. The molecule has 172 valence electrons. The highest BCUT2D eigenvalue weighted by atomic mass is 19.4. The fourth-order valence-corrected chi connectivity index (χ4v) is 3.25. The summed E-state index contributed by atoms with van der Waals surface area (Å²) in [5.41, 5.74) is 0.202. The van der Waals surface area contributed by atoms with Crippen molar-refractivity contribution in [1.82, 2.24) is 24.4 Å². The molecule has 0 bridgehead atoms. The quantitative estimate of drug-likeness (QED) is 0.442. The number of nitrogens with one attached hydrogen (secondary N) is 1. The van der Waals surface area contributed by atoms with E-state index in [0.29, 0.717) is 22.8 Å². The van der Waals surface area contributed by atoms with Gasteiger partial charge in [-0.05, 0) is 31.0 Å². The topological polar surface area (TPSA) is 77.1 Å². The third kappa shape index (κ3) is 4.28. The lowest BCUT2D eigenvalue weighted by Gasteiger charge is -2.20. The monoisotopic (exact) mass is 464 g/mol. The van der Waals surface area contributed by atoms with Crippen molar-refractivity contribution in [2.24, 2.45) is 0 Å². The minimum absolute atomic E-state index is 0.0780. The summed E-state index contributed by atoms with van der Waals surface area (Å²) in [6.07, 6.45) is -2.89. The van der Waals surface area contributed by atoms with Crippen LogP contribution in [0.4, 0.5) is 27.6 Å². The molecule has 0 aliphatic carbocycles. The molecule has 0 atom stereocenters. The Balaban J connectivity index is 1.59. The second-order valence-electron chi connectivity index (χ2n) is 7.46. The van der Waals surface area contributed by atoms with E-state index in [0.717, 1.165) is 17.2 Å². The molecule has 4 aromatic rings. The average molecular weight is 464 g/mol. The molecule has 1 aromatic carbocycles. The van der Waals surface area contributed by atoms with Gasteiger partial charge >= 0.3 is 12.1 Å². The molecule has 33 heavy (non-hydrogen) atoms. The number of carbonyl (C=O) groups is 1. The number of fused-ring (bicyclic) bond motifs is 1. The van der Waals surface area contributed by atoms with Crippen LogP contribution >= 0.6 is 0 Å². The number of aryl methyl sites for hydroxylation is 2. The number of hydrogen-bond donors (Lipinski definition) is 1. The van der Waals surface area contributed by atoms with Crippen molar-refractivity contribution in [3.8, 4) is 0 Å². The summed E-state index contributed by atoms with van der Waals surface area (Å²) < 4.78 is 68.7. The van der Waals surface area contributed by atoms with Crippen LogP contribution in [0.5, 0.6) is 0 Å². The Morgan fingerprint density at radius 2 is 1.82 bits per heavy atom. The third-order valence-corrected chi connectivity index (χ3v) is 4.95. The molecular formula is C21H17F5N6O. The van der Waals surface area contributed by atoms with Crippen molar-refractivity contribution in [1.29, 1.82) is 0 Å². The van der Waals surface area contributed by atoms with E-state index >= 15 is 0 Å². The van der Waals surface area contributed by atoms with Crippen LogP contribution in [0, 0.1) is 13.8 Å². The molecule has 0 saturated heterocycles. The molecule has 1 amide bonds. The van der Waals surface area contributed by atoms with E-state index in [-0.39, 0.29) is 17.0 Å². The van der Waals surface area contributed by atoms with Gasteiger partial charge in [0.2, 0.25) is 0 Å². The molecular weight excluding hydrogens is 447 g/mol. The second kappa shape index (κ2) is 7.94. The molecule has 3 aromatic heterocycles. The van der Waals surface area contributed by atoms with Gasteiger partial charge in [0.25, 0.3) is 5.91 Å². The van der Waals surface area contributed by atoms with Gasteiger partial charge in [0.1, 0.15) is 5.69 Å². The first-order valence-electron chi connectivity index (χ1n) is 9.66.